The van der Waals surface area contributed by atoms with E-state index >= 15 is 0 Å². The maximum Gasteiger partial charge on any atom is 0 e. The maximum absolute atomic E-state index is 2.31. The quantitative estimate of drug-likeness (QED) is 0.420. The van der Waals surface area contributed by atoms with Crippen molar-refractivity contribution >= 4 is 24.0 Å². The van der Waals surface area contributed by atoms with Crippen molar-refractivity contribution in [2.75, 3.05) is 13.3 Å². The summed E-state index contributed by atoms with van der Waals surface area (Å²) < 4.78 is 0. The summed E-state index contributed by atoms with van der Waals surface area (Å²) >= 11 is 0. The monoisotopic (exact) mass is 355 g/mol. The molecule has 2 heteroatoms. The van der Waals surface area contributed by atoms with E-state index in [1.165, 1.54) is 16.1 Å². The SMILES string of the molecule is CP(C)c1cc2ccccc2[cH-]1.[Hf]. The van der Waals surface area contributed by atoms with E-state index in [1.807, 2.05) is 0 Å². The van der Waals surface area contributed by atoms with Crippen LogP contribution in [-0.2, 0) is 25.8 Å². The van der Waals surface area contributed by atoms with Gasteiger partial charge >= 0.3 is 0 Å². The van der Waals surface area contributed by atoms with Crippen molar-refractivity contribution in [2.45, 2.75) is 0 Å². The molecule has 0 saturated carbocycles. The van der Waals surface area contributed by atoms with Crippen molar-refractivity contribution in [3.05, 3.63) is 36.4 Å². The molecule has 0 nitrogen and oxygen atoms in total. The van der Waals surface area contributed by atoms with Gasteiger partial charge in [0.05, 0.1) is 0 Å². The van der Waals surface area contributed by atoms with Gasteiger partial charge in [0.1, 0.15) is 0 Å². The minimum absolute atomic E-state index is 0. The van der Waals surface area contributed by atoms with Crippen LogP contribution in [0.4, 0.5) is 0 Å². The van der Waals surface area contributed by atoms with Gasteiger partial charge in [-0.1, -0.05) is 6.07 Å². The fourth-order valence-electron chi connectivity index (χ4n) is 1.39. The van der Waals surface area contributed by atoms with Crippen LogP contribution in [0, 0.1) is 0 Å². The Labute approximate surface area is 99.2 Å². The summed E-state index contributed by atoms with van der Waals surface area (Å²) in [5.41, 5.74) is 0. The molecule has 0 heterocycles. The first kappa shape index (κ1) is 11.2. The zero-order valence-corrected chi connectivity index (χ0v) is 12.4. The minimum atomic E-state index is 0. The van der Waals surface area contributed by atoms with Crippen molar-refractivity contribution in [1.29, 1.82) is 0 Å². The van der Waals surface area contributed by atoms with Crippen LogP contribution in [0.1, 0.15) is 0 Å². The molecule has 0 N–H and O–H groups in total. The molecule has 13 heavy (non-hydrogen) atoms. The molecular weight excluding hydrogens is 342 g/mol. The Morgan fingerprint density at radius 2 is 1.85 bits per heavy atom. The summed E-state index contributed by atoms with van der Waals surface area (Å²) in [5, 5.41) is 4.26. The van der Waals surface area contributed by atoms with Gasteiger partial charge in [0, 0.05) is 25.8 Å². The number of hydrogen-bond acceptors (Lipinski definition) is 0. The van der Waals surface area contributed by atoms with Crippen LogP contribution >= 0.6 is 7.92 Å². The summed E-state index contributed by atoms with van der Waals surface area (Å²) in [6, 6.07) is 13.2. The van der Waals surface area contributed by atoms with Gasteiger partial charge in [-0.25, -0.2) is 0 Å². The molecule has 0 radical (unpaired) electrons. The van der Waals surface area contributed by atoms with Crippen molar-refractivity contribution in [3.8, 4) is 0 Å². The standard InChI is InChI=1S/C11H12P.Hf/c1-12(2)11-7-9-5-3-4-6-10(9)8-11;/h3-8H,1-2H3;/q-1;. The number of benzene rings is 1. The van der Waals surface area contributed by atoms with Crippen LogP contribution in [0.5, 0.6) is 0 Å². The van der Waals surface area contributed by atoms with Crippen LogP contribution < -0.4 is 5.30 Å². The van der Waals surface area contributed by atoms with Gasteiger partial charge in [-0.15, -0.1) is 48.3 Å². The van der Waals surface area contributed by atoms with Gasteiger partial charge in [-0.3, -0.25) is 0 Å². The molecule has 66 valence electrons. The summed E-state index contributed by atoms with van der Waals surface area (Å²) in [5.74, 6) is 0. The predicted octanol–water partition coefficient (Wildman–Crippen LogP) is 2.92. The Morgan fingerprint density at radius 3 is 2.46 bits per heavy atom. The van der Waals surface area contributed by atoms with Crippen LogP contribution in [0.15, 0.2) is 36.4 Å². The molecule has 0 aliphatic carbocycles. The van der Waals surface area contributed by atoms with Crippen LogP contribution in [0.3, 0.4) is 0 Å². The second kappa shape index (κ2) is 4.57. The second-order valence-electron chi connectivity index (χ2n) is 3.24. The molecule has 0 spiro atoms. The number of rotatable bonds is 1. The zero-order chi connectivity index (χ0) is 8.55. The van der Waals surface area contributed by atoms with Crippen molar-refractivity contribution in [1.82, 2.24) is 0 Å². The molecule has 0 aliphatic heterocycles. The zero-order valence-electron chi connectivity index (χ0n) is 7.91. The molecule has 0 aliphatic rings. The summed E-state index contributed by atoms with van der Waals surface area (Å²) in [6.45, 7) is 4.59. The fourth-order valence-corrected chi connectivity index (χ4v) is 2.19. The average molecular weight is 354 g/mol. The Kier molecular flexibility index (Phi) is 3.94. The average Bonchev–Trinajstić information content (AvgIpc) is 2.46. The first-order chi connectivity index (χ1) is 5.77. The van der Waals surface area contributed by atoms with Crippen molar-refractivity contribution in [2.24, 2.45) is 0 Å². The van der Waals surface area contributed by atoms with Crippen LogP contribution in [-0.4, -0.2) is 13.3 Å². The van der Waals surface area contributed by atoms with E-state index < -0.39 is 0 Å². The largest absolute Gasteiger partial charge is 0.161 e. The minimum Gasteiger partial charge on any atom is -0.161 e. The fraction of sp³-hybridized carbons (Fsp3) is 0.182. The molecule has 0 bridgehead atoms. The molecule has 2 rings (SSSR count). The Bertz CT molecular complexity index is 357. The molecule has 0 aromatic heterocycles. The van der Waals surface area contributed by atoms with Crippen molar-refractivity contribution in [3.63, 3.8) is 0 Å². The van der Waals surface area contributed by atoms with E-state index in [-0.39, 0.29) is 33.8 Å². The van der Waals surface area contributed by atoms with Gasteiger partial charge in [0.15, 0.2) is 0 Å². The Balaban J connectivity index is 0.000000845. The van der Waals surface area contributed by atoms with Gasteiger partial charge in [0.25, 0.3) is 0 Å². The second-order valence-corrected chi connectivity index (χ2v) is 5.54. The van der Waals surface area contributed by atoms with E-state index in [1.54, 1.807) is 0 Å². The van der Waals surface area contributed by atoms with Gasteiger partial charge in [0.2, 0.25) is 0 Å². The smallest absolute Gasteiger partial charge is 0 e. The number of hydrogen-bond donors (Lipinski definition) is 0. The summed E-state index contributed by atoms with van der Waals surface area (Å²) in [7, 11) is 0.0576. The van der Waals surface area contributed by atoms with E-state index in [0.717, 1.165) is 0 Å². The molecule has 0 unspecified atom stereocenters. The van der Waals surface area contributed by atoms with Crippen LogP contribution in [0.2, 0.25) is 0 Å². The normalized spacial score (nSPS) is 10.4. The van der Waals surface area contributed by atoms with E-state index in [4.69, 9.17) is 0 Å². The van der Waals surface area contributed by atoms with Gasteiger partial charge in [-0.2, -0.15) is 6.07 Å². The topological polar surface area (TPSA) is 0 Å². The molecular formula is C11H12HfP-. The van der Waals surface area contributed by atoms with Crippen LogP contribution in [0.25, 0.3) is 10.8 Å². The molecule has 0 saturated heterocycles. The summed E-state index contributed by atoms with van der Waals surface area (Å²) in [6.07, 6.45) is 0. The van der Waals surface area contributed by atoms with Gasteiger partial charge in [-0.05, 0) is 13.3 Å². The first-order valence-electron chi connectivity index (χ1n) is 4.10. The third-order valence-corrected chi connectivity index (χ3v) is 3.41. The first-order valence-corrected chi connectivity index (χ1v) is 6.34. The maximum atomic E-state index is 2.31. The van der Waals surface area contributed by atoms with E-state index in [0.29, 0.717) is 0 Å². The predicted molar refractivity (Wildman–Crippen MR) is 57.9 cm³/mol. The molecule has 0 atom stereocenters. The Morgan fingerprint density at radius 1 is 1.15 bits per heavy atom. The van der Waals surface area contributed by atoms with Crippen molar-refractivity contribution < 1.29 is 25.8 Å². The van der Waals surface area contributed by atoms with Gasteiger partial charge < -0.3 is 0 Å². The third-order valence-electron chi connectivity index (χ3n) is 2.12. The Hall–Kier alpha value is 0.130. The van der Waals surface area contributed by atoms with E-state index in [2.05, 4.69) is 49.7 Å². The number of fused-ring (bicyclic) bond motifs is 1. The summed E-state index contributed by atoms with van der Waals surface area (Å²) in [4.78, 5) is 0. The third kappa shape index (κ3) is 2.33. The molecule has 2 aromatic carbocycles. The molecule has 0 fully saturated rings. The van der Waals surface area contributed by atoms with E-state index in [9.17, 15) is 0 Å². The molecule has 2 aromatic rings. The molecule has 0 amide bonds.